The molecular weight excluding hydrogens is 496 g/mol. The first-order valence-electron chi connectivity index (χ1n) is 10.8. The molecule has 4 rings (SSSR count). The molecule has 0 spiro atoms. The standard InChI is InChI=1S/C24H27ClN2O5S2/c1-30-19-5-7-21(31-2)16(13-19)12-18-15-33-24(26-18)27-10-8-20(9-11-27)34(28,29)23-14-17(25)4-6-22(23)32-3/h4-7,13-15,20H,8-12H2,1-3H3. The Morgan fingerprint density at radius 1 is 1.03 bits per heavy atom. The number of hydrogen-bond donors (Lipinski definition) is 0. The van der Waals surface area contributed by atoms with Crippen molar-refractivity contribution in [1.82, 2.24) is 4.98 Å². The van der Waals surface area contributed by atoms with Crippen LogP contribution in [0.5, 0.6) is 17.2 Å². The Labute approximate surface area is 209 Å². The summed E-state index contributed by atoms with van der Waals surface area (Å²) in [6.45, 7) is 1.23. The summed E-state index contributed by atoms with van der Waals surface area (Å²) in [5, 5.41) is 2.82. The van der Waals surface area contributed by atoms with E-state index in [2.05, 4.69) is 4.90 Å². The number of nitrogens with zero attached hydrogens (tertiary/aromatic N) is 2. The average molecular weight is 523 g/mol. The van der Waals surface area contributed by atoms with Gasteiger partial charge >= 0.3 is 0 Å². The second-order valence-electron chi connectivity index (χ2n) is 8.00. The molecule has 10 heteroatoms. The van der Waals surface area contributed by atoms with E-state index in [9.17, 15) is 8.42 Å². The van der Waals surface area contributed by atoms with Crippen molar-refractivity contribution >= 4 is 37.9 Å². The first kappa shape index (κ1) is 24.6. The summed E-state index contributed by atoms with van der Waals surface area (Å²) in [6.07, 6.45) is 1.64. The molecule has 0 unspecified atom stereocenters. The topological polar surface area (TPSA) is 78.0 Å². The highest BCUT2D eigenvalue weighted by Gasteiger charge is 2.34. The van der Waals surface area contributed by atoms with E-state index in [-0.39, 0.29) is 4.90 Å². The lowest BCUT2D eigenvalue weighted by Gasteiger charge is -2.31. The van der Waals surface area contributed by atoms with E-state index in [1.54, 1.807) is 37.7 Å². The molecule has 0 N–H and O–H groups in total. The van der Waals surface area contributed by atoms with E-state index < -0.39 is 15.1 Å². The Bertz CT molecular complexity index is 1250. The van der Waals surface area contributed by atoms with Gasteiger partial charge in [0.15, 0.2) is 15.0 Å². The van der Waals surface area contributed by atoms with E-state index in [0.29, 0.717) is 43.1 Å². The summed E-state index contributed by atoms with van der Waals surface area (Å²) in [6, 6.07) is 10.4. The minimum Gasteiger partial charge on any atom is -0.497 e. The number of benzene rings is 2. The zero-order chi connectivity index (χ0) is 24.3. The summed E-state index contributed by atoms with van der Waals surface area (Å²) in [5.41, 5.74) is 1.93. The van der Waals surface area contributed by atoms with Gasteiger partial charge in [-0.05, 0) is 49.2 Å². The Hall–Kier alpha value is -2.49. The third-order valence-electron chi connectivity index (χ3n) is 5.98. The summed E-state index contributed by atoms with van der Waals surface area (Å²) in [5.74, 6) is 1.88. The second-order valence-corrected chi connectivity index (χ2v) is 11.5. The van der Waals surface area contributed by atoms with Crippen LogP contribution in [-0.4, -0.2) is 53.1 Å². The van der Waals surface area contributed by atoms with Crippen molar-refractivity contribution in [1.29, 1.82) is 0 Å². The van der Waals surface area contributed by atoms with Crippen LogP contribution in [0.25, 0.3) is 0 Å². The van der Waals surface area contributed by atoms with Crippen molar-refractivity contribution in [3.05, 3.63) is 58.1 Å². The third-order valence-corrected chi connectivity index (χ3v) is 9.45. The van der Waals surface area contributed by atoms with Crippen LogP contribution in [0.2, 0.25) is 5.02 Å². The van der Waals surface area contributed by atoms with Gasteiger partial charge in [0, 0.05) is 35.5 Å². The van der Waals surface area contributed by atoms with E-state index in [1.807, 2.05) is 23.6 Å². The van der Waals surface area contributed by atoms with Crippen molar-refractivity contribution in [3.63, 3.8) is 0 Å². The minimum atomic E-state index is -3.56. The largest absolute Gasteiger partial charge is 0.497 e. The molecule has 0 amide bonds. The lowest BCUT2D eigenvalue weighted by molar-refractivity contribution is 0.399. The maximum atomic E-state index is 13.3. The van der Waals surface area contributed by atoms with Crippen LogP contribution in [0, 0.1) is 0 Å². The molecule has 3 aromatic rings. The number of halogens is 1. The van der Waals surface area contributed by atoms with Crippen LogP contribution >= 0.6 is 22.9 Å². The predicted molar refractivity (Wildman–Crippen MR) is 135 cm³/mol. The molecule has 1 fully saturated rings. The lowest BCUT2D eigenvalue weighted by Crippen LogP contribution is -2.39. The number of rotatable bonds is 8. The van der Waals surface area contributed by atoms with Gasteiger partial charge in [0.1, 0.15) is 22.1 Å². The molecule has 0 saturated carbocycles. The van der Waals surface area contributed by atoms with Crippen molar-refractivity contribution in [2.24, 2.45) is 0 Å². The normalized spacial score (nSPS) is 14.8. The van der Waals surface area contributed by atoms with Gasteiger partial charge in [-0.25, -0.2) is 13.4 Å². The Balaban J connectivity index is 1.45. The fourth-order valence-corrected chi connectivity index (χ4v) is 7.18. The van der Waals surface area contributed by atoms with Crippen molar-refractivity contribution < 1.29 is 22.6 Å². The van der Waals surface area contributed by atoms with Crippen LogP contribution in [0.1, 0.15) is 24.1 Å². The number of anilines is 1. The Morgan fingerprint density at radius 2 is 1.74 bits per heavy atom. The van der Waals surface area contributed by atoms with Crippen LogP contribution in [0.3, 0.4) is 0 Å². The van der Waals surface area contributed by atoms with Crippen molar-refractivity contribution in [2.45, 2.75) is 29.4 Å². The fourth-order valence-electron chi connectivity index (χ4n) is 4.15. The van der Waals surface area contributed by atoms with Crippen LogP contribution < -0.4 is 19.1 Å². The zero-order valence-electron chi connectivity index (χ0n) is 19.3. The third kappa shape index (κ3) is 5.11. The van der Waals surface area contributed by atoms with Gasteiger partial charge < -0.3 is 19.1 Å². The second kappa shape index (κ2) is 10.4. The van der Waals surface area contributed by atoms with Gasteiger partial charge in [-0.3, -0.25) is 0 Å². The lowest BCUT2D eigenvalue weighted by atomic mass is 10.1. The molecule has 1 aliphatic rings. The van der Waals surface area contributed by atoms with E-state index in [0.717, 1.165) is 27.9 Å². The van der Waals surface area contributed by atoms with Gasteiger partial charge in [0.2, 0.25) is 0 Å². The maximum absolute atomic E-state index is 13.3. The molecule has 0 aliphatic carbocycles. The van der Waals surface area contributed by atoms with Gasteiger partial charge in [0.05, 0.1) is 32.3 Å². The maximum Gasteiger partial charge on any atom is 0.185 e. The molecule has 0 atom stereocenters. The number of ether oxygens (including phenoxy) is 3. The van der Waals surface area contributed by atoms with Gasteiger partial charge in [0.25, 0.3) is 0 Å². The summed E-state index contributed by atoms with van der Waals surface area (Å²) in [7, 11) is 1.19. The van der Waals surface area contributed by atoms with Crippen LogP contribution in [-0.2, 0) is 16.3 Å². The molecule has 34 heavy (non-hydrogen) atoms. The number of hydrogen-bond acceptors (Lipinski definition) is 8. The van der Waals surface area contributed by atoms with E-state index >= 15 is 0 Å². The van der Waals surface area contributed by atoms with Crippen LogP contribution in [0.15, 0.2) is 46.7 Å². The van der Waals surface area contributed by atoms with Crippen molar-refractivity contribution in [3.8, 4) is 17.2 Å². The monoisotopic (exact) mass is 522 g/mol. The summed E-state index contributed by atoms with van der Waals surface area (Å²) in [4.78, 5) is 7.11. The number of aromatic nitrogens is 1. The van der Waals surface area contributed by atoms with E-state index in [4.69, 9.17) is 30.8 Å². The predicted octanol–water partition coefficient (Wildman–Crippen LogP) is 4.86. The molecule has 1 aliphatic heterocycles. The molecule has 182 valence electrons. The quantitative estimate of drug-likeness (QED) is 0.418. The number of methoxy groups -OCH3 is 3. The average Bonchev–Trinajstić information content (AvgIpc) is 3.32. The highest BCUT2D eigenvalue weighted by Crippen LogP contribution is 2.35. The highest BCUT2D eigenvalue weighted by atomic mass is 35.5. The number of piperidine rings is 1. The van der Waals surface area contributed by atoms with Crippen molar-refractivity contribution in [2.75, 3.05) is 39.3 Å². The smallest absolute Gasteiger partial charge is 0.185 e. The molecule has 1 saturated heterocycles. The molecular formula is C24H27ClN2O5S2. The number of thiazole rings is 1. The minimum absolute atomic E-state index is 0.157. The molecule has 2 heterocycles. The Morgan fingerprint density at radius 3 is 2.41 bits per heavy atom. The summed E-state index contributed by atoms with van der Waals surface area (Å²) >= 11 is 7.64. The number of sulfone groups is 1. The molecule has 7 nitrogen and oxygen atoms in total. The van der Waals surface area contributed by atoms with Gasteiger partial charge in [-0.15, -0.1) is 11.3 Å². The molecule has 0 bridgehead atoms. The van der Waals surface area contributed by atoms with Gasteiger partial charge in [-0.2, -0.15) is 0 Å². The first-order valence-corrected chi connectivity index (χ1v) is 13.6. The molecule has 1 aromatic heterocycles. The first-order chi connectivity index (χ1) is 16.3. The van der Waals surface area contributed by atoms with Crippen LogP contribution in [0.4, 0.5) is 5.13 Å². The summed E-state index contributed by atoms with van der Waals surface area (Å²) < 4.78 is 42.7. The Kier molecular flexibility index (Phi) is 7.54. The molecule has 0 radical (unpaired) electrons. The highest BCUT2D eigenvalue weighted by molar-refractivity contribution is 7.92. The molecule has 2 aromatic carbocycles. The van der Waals surface area contributed by atoms with E-state index in [1.165, 1.54) is 13.2 Å². The SMILES string of the molecule is COc1ccc(OC)c(Cc2csc(N3CCC(S(=O)(=O)c4cc(Cl)ccc4OC)CC3)n2)c1. The van der Waals surface area contributed by atoms with Gasteiger partial charge in [-0.1, -0.05) is 11.6 Å². The fraction of sp³-hybridized carbons (Fsp3) is 0.375. The zero-order valence-corrected chi connectivity index (χ0v) is 21.7.